The second-order valence-electron chi connectivity index (χ2n) is 7.82. The molecule has 0 amide bonds. The minimum atomic E-state index is -3.05. The van der Waals surface area contributed by atoms with Gasteiger partial charge in [0.15, 0.2) is 9.84 Å². The first-order valence-corrected chi connectivity index (χ1v) is 9.74. The van der Waals surface area contributed by atoms with Crippen molar-refractivity contribution >= 4 is 9.84 Å². The Kier molecular flexibility index (Phi) is 6.69. The highest BCUT2D eigenvalue weighted by atomic mass is 32.2. The Bertz CT molecular complexity index is 404. The fraction of sp³-hybridized carbons (Fsp3) is 1.00. The largest absolute Gasteiger partial charge is 0.381 e. The van der Waals surface area contributed by atoms with E-state index < -0.39 is 14.6 Å². The molecule has 1 N–H and O–H groups in total. The summed E-state index contributed by atoms with van der Waals surface area (Å²) in [7, 11) is -3.05. The molecule has 0 unspecified atom stereocenters. The molecule has 4 nitrogen and oxygen atoms in total. The number of nitrogens with one attached hydrogen (secondary N) is 1. The number of hydrogen-bond donors (Lipinski definition) is 1. The molecule has 0 spiro atoms. The zero-order valence-corrected chi connectivity index (χ0v) is 15.2. The van der Waals surface area contributed by atoms with Crippen LogP contribution in [0.15, 0.2) is 0 Å². The van der Waals surface area contributed by atoms with E-state index in [-0.39, 0.29) is 11.2 Å². The van der Waals surface area contributed by atoms with Gasteiger partial charge in [-0.15, -0.1) is 0 Å². The number of hydrogen-bond acceptors (Lipinski definition) is 4. The lowest BCUT2D eigenvalue weighted by Crippen LogP contribution is -2.42. The van der Waals surface area contributed by atoms with Crippen molar-refractivity contribution in [3.63, 3.8) is 0 Å². The molecule has 21 heavy (non-hydrogen) atoms. The molecule has 1 rings (SSSR count). The summed E-state index contributed by atoms with van der Waals surface area (Å²) in [4.78, 5) is 0. The summed E-state index contributed by atoms with van der Waals surface area (Å²) in [5, 5.41) is 3.52. The summed E-state index contributed by atoms with van der Waals surface area (Å²) in [6, 6.07) is 0. The van der Waals surface area contributed by atoms with E-state index in [1.807, 2.05) is 0 Å². The first kappa shape index (κ1) is 18.9. The normalized spacial score (nSPS) is 19.9. The molecular weight excluding hydrogens is 286 g/mol. The Balaban J connectivity index is 2.66. The third kappa shape index (κ3) is 5.87. The van der Waals surface area contributed by atoms with Crippen LogP contribution in [0.2, 0.25) is 0 Å². The maximum absolute atomic E-state index is 12.4. The van der Waals surface area contributed by atoms with Crippen LogP contribution in [-0.2, 0) is 14.6 Å². The van der Waals surface area contributed by atoms with E-state index in [0.29, 0.717) is 5.92 Å². The van der Waals surface area contributed by atoms with E-state index in [1.165, 1.54) is 0 Å². The maximum Gasteiger partial charge on any atom is 0.155 e. The van der Waals surface area contributed by atoms with Crippen LogP contribution in [0, 0.1) is 11.3 Å². The summed E-state index contributed by atoms with van der Waals surface area (Å²) < 4.78 is 29.5. The SMILES string of the molecule is CC(C)CNCC1(CCS(=O)(=O)C(C)(C)C)CCOCC1. The monoisotopic (exact) mass is 319 g/mol. The van der Waals surface area contributed by atoms with Gasteiger partial charge in [0, 0.05) is 19.8 Å². The highest BCUT2D eigenvalue weighted by molar-refractivity contribution is 7.92. The Morgan fingerprint density at radius 3 is 2.24 bits per heavy atom. The number of rotatable bonds is 7. The molecule has 0 aromatic rings. The predicted molar refractivity (Wildman–Crippen MR) is 88.4 cm³/mol. The summed E-state index contributed by atoms with van der Waals surface area (Å²) in [6.07, 6.45) is 2.65. The molecule has 0 radical (unpaired) electrons. The molecule has 5 heteroatoms. The van der Waals surface area contributed by atoms with Gasteiger partial charge in [-0.2, -0.15) is 0 Å². The van der Waals surface area contributed by atoms with Crippen LogP contribution < -0.4 is 5.32 Å². The highest BCUT2D eigenvalue weighted by Crippen LogP contribution is 2.35. The van der Waals surface area contributed by atoms with Crippen LogP contribution in [0.5, 0.6) is 0 Å². The molecule has 1 fully saturated rings. The molecule has 0 aliphatic carbocycles. The summed E-state index contributed by atoms with van der Waals surface area (Å²) >= 11 is 0. The van der Waals surface area contributed by atoms with Gasteiger partial charge in [-0.25, -0.2) is 8.42 Å². The predicted octanol–water partition coefficient (Wildman–Crippen LogP) is 2.63. The maximum atomic E-state index is 12.4. The Morgan fingerprint density at radius 1 is 1.19 bits per heavy atom. The van der Waals surface area contributed by atoms with E-state index in [0.717, 1.165) is 45.6 Å². The van der Waals surface area contributed by atoms with Gasteiger partial charge in [0.25, 0.3) is 0 Å². The quantitative estimate of drug-likeness (QED) is 0.784. The van der Waals surface area contributed by atoms with Crippen LogP contribution in [0.4, 0.5) is 0 Å². The molecule has 1 saturated heterocycles. The standard InChI is InChI=1S/C16H33NO3S/c1-14(2)12-17-13-16(6-9-20-10-7-16)8-11-21(18,19)15(3,4)5/h14,17H,6-13H2,1-5H3. The van der Waals surface area contributed by atoms with Crippen molar-refractivity contribution in [1.82, 2.24) is 5.32 Å². The van der Waals surface area contributed by atoms with Crippen LogP contribution in [0.1, 0.15) is 53.9 Å². The van der Waals surface area contributed by atoms with Crippen LogP contribution >= 0.6 is 0 Å². The van der Waals surface area contributed by atoms with Gasteiger partial charge in [-0.05, 0) is 57.9 Å². The average molecular weight is 320 g/mol. The first-order valence-electron chi connectivity index (χ1n) is 8.09. The lowest BCUT2D eigenvalue weighted by Gasteiger charge is -2.38. The Labute approximate surface area is 130 Å². The second-order valence-corrected chi connectivity index (χ2v) is 10.7. The van der Waals surface area contributed by atoms with Gasteiger partial charge >= 0.3 is 0 Å². The smallest absolute Gasteiger partial charge is 0.155 e. The topological polar surface area (TPSA) is 55.4 Å². The van der Waals surface area contributed by atoms with Gasteiger partial charge in [-0.1, -0.05) is 13.8 Å². The molecule has 0 aromatic heterocycles. The van der Waals surface area contributed by atoms with Crippen molar-refractivity contribution in [2.45, 2.75) is 58.6 Å². The lowest BCUT2D eigenvalue weighted by atomic mass is 9.77. The van der Waals surface area contributed by atoms with Crippen molar-refractivity contribution in [1.29, 1.82) is 0 Å². The third-order valence-electron chi connectivity index (χ3n) is 4.44. The third-order valence-corrected chi connectivity index (χ3v) is 7.05. The van der Waals surface area contributed by atoms with Crippen molar-refractivity contribution < 1.29 is 13.2 Å². The highest BCUT2D eigenvalue weighted by Gasteiger charge is 2.36. The molecule has 1 aliphatic rings. The van der Waals surface area contributed by atoms with Gasteiger partial charge in [-0.3, -0.25) is 0 Å². The first-order chi connectivity index (χ1) is 9.58. The van der Waals surface area contributed by atoms with E-state index in [4.69, 9.17) is 4.74 Å². The summed E-state index contributed by atoms with van der Waals surface area (Å²) in [5.74, 6) is 0.889. The molecule has 126 valence electrons. The molecule has 0 aromatic carbocycles. The molecule has 1 aliphatic heterocycles. The van der Waals surface area contributed by atoms with E-state index in [9.17, 15) is 8.42 Å². The Morgan fingerprint density at radius 2 is 1.76 bits per heavy atom. The Hall–Kier alpha value is -0.130. The molecule has 0 atom stereocenters. The van der Waals surface area contributed by atoms with Gasteiger partial charge < -0.3 is 10.1 Å². The average Bonchev–Trinajstić information content (AvgIpc) is 2.36. The van der Waals surface area contributed by atoms with Gasteiger partial charge in [0.2, 0.25) is 0 Å². The second kappa shape index (κ2) is 7.42. The van der Waals surface area contributed by atoms with E-state index in [2.05, 4.69) is 19.2 Å². The molecular formula is C16H33NO3S. The van der Waals surface area contributed by atoms with E-state index in [1.54, 1.807) is 20.8 Å². The van der Waals surface area contributed by atoms with Gasteiger partial charge in [0.05, 0.1) is 10.5 Å². The summed E-state index contributed by atoms with van der Waals surface area (Å²) in [5.41, 5.74) is 0.0749. The fourth-order valence-electron chi connectivity index (χ4n) is 2.60. The molecule has 1 heterocycles. The number of ether oxygens (including phenoxy) is 1. The minimum Gasteiger partial charge on any atom is -0.381 e. The zero-order valence-electron chi connectivity index (χ0n) is 14.4. The van der Waals surface area contributed by atoms with Crippen molar-refractivity contribution in [2.75, 3.05) is 32.1 Å². The van der Waals surface area contributed by atoms with Crippen molar-refractivity contribution in [3.8, 4) is 0 Å². The van der Waals surface area contributed by atoms with Gasteiger partial charge in [0.1, 0.15) is 0 Å². The van der Waals surface area contributed by atoms with Crippen LogP contribution in [0.25, 0.3) is 0 Å². The zero-order chi connectivity index (χ0) is 16.1. The minimum absolute atomic E-state index is 0.0749. The fourth-order valence-corrected chi connectivity index (χ4v) is 3.92. The van der Waals surface area contributed by atoms with Crippen LogP contribution in [-0.4, -0.2) is 45.2 Å². The van der Waals surface area contributed by atoms with Crippen LogP contribution in [0.3, 0.4) is 0 Å². The van der Waals surface area contributed by atoms with Crippen molar-refractivity contribution in [3.05, 3.63) is 0 Å². The number of sulfone groups is 1. The summed E-state index contributed by atoms with van der Waals surface area (Å²) in [6.45, 7) is 13.1. The van der Waals surface area contributed by atoms with E-state index >= 15 is 0 Å². The molecule has 0 bridgehead atoms. The van der Waals surface area contributed by atoms with Crippen molar-refractivity contribution in [2.24, 2.45) is 11.3 Å². The lowest BCUT2D eigenvalue weighted by molar-refractivity contribution is 0.0130. The molecule has 0 saturated carbocycles.